The van der Waals surface area contributed by atoms with Crippen molar-refractivity contribution >= 4 is 5.91 Å². The highest BCUT2D eigenvalue weighted by Crippen LogP contribution is 2.23. The number of H-pyrrole nitrogens is 1. The highest BCUT2D eigenvalue weighted by Gasteiger charge is 2.28. The molecule has 2 fully saturated rings. The van der Waals surface area contributed by atoms with E-state index in [4.69, 9.17) is 4.74 Å². The van der Waals surface area contributed by atoms with Gasteiger partial charge in [-0.05, 0) is 50.8 Å². The SMILES string of the molecule is O=C(c1cnc[nH]1)N(CC1CCN(Cc2ccccc2F)CC1)C[C@@H]1CCCO1. The van der Waals surface area contributed by atoms with Crippen LogP contribution in [0, 0.1) is 11.7 Å². The number of benzene rings is 1. The average molecular weight is 400 g/mol. The van der Waals surface area contributed by atoms with Crippen molar-refractivity contribution in [3.05, 3.63) is 53.9 Å². The van der Waals surface area contributed by atoms with E-state index >= 15 is 0 Å². The summed E-state index contributed by atoms with van der Waals surface area (Å²) < 4.78 is 19.7. The lowest BCUT2D eigenvalue weighted by Crippen LogP contribution is -2.43. The average Bonchev–Trinajstić information content (AvgIpc) is 3.44. The largest absolute Gasteiger partial charge is 0.376 e. The number of amides is 1. The Morgan fingerprint density at radius 3 is 2.76 bits per heavy atom. The fourth-order valence-electron chi connectivity index (χ4n) is 4.32. The maximum absolute atomic E-state index is 13.9. The number of likely N-dealkylation sites (tertiary alicyclic amines) is 1. The summed E-state index contributed by atoms with van der Waals surface area (Å²) in [5.41, 5.74) is 1.28. The molecule has 2 aliphatic heterocycles. The molecule has 0 unspecified atom stereocenters. The van der Waals surface area contributed by atoms with Crippen molar-refractivity contribution in [2.24, 2.45) is 5.92 Å². The lowest BCUT2D eigenvalue weighted by molar-refractivity contribution is 0.0440. The van der Waals surface area contributed by atoms with Crippen LogP contribution >= 0.6 is 0 Å². The predicted molar refractivity (Wildman–Crippen MR) is 108 cm³/mol. The molecule has 0 radical (unpaired) electrons. The number of hydrogen-bond acceptors (Lipinski definition) is 4. The lowest BCUT2D eigenvalue weighted by Gasteiger charge is -2.35. The molecule has 1 N–H and O–H groups in total. The highest BCUT2D eigenvalue weighted by atomic mass is 19.1. The van der Waals surface area contributed by atoms with Gasteiger partial charge in [-0.15, -0.1) is 0 Å². The van der Waals surface area contributed by atoms with Crippen LogP contribution in [0.3, 0.4) is 0 Å². The van der Waals surface area contributed by atoms with Gasteiger partial charge in [0.15, 0.2) is 0 Å². The van der Waals surface area contributed by atoms with Crippen LogP contribution in [-0.4, -0.2) is 64.6 Å². The molecule has 1 aromatic heterocycles. The fraction of sp³-hybridized carbons (Fsp3) is 0.545. The summed E-state index contributed by atoms with van der Waals surface area (Å²) in [6.07, 6.45) is 7.34. The van der Waals surface area contributed by atoms with Gasteiger partial charge < -0.3 is 14.6 Å². The Morgan fingerprint density at radius 2 is 2.07 bits per heavy atom. The van der Waals surface area contributed by atoms with E-state index in [2.05, 4.69) is 14.9 Å². The summed E-state index contributed by atoms with van der Waals surface area (Å²) in [7, 11) is 0. The van der Waals surface area contributed by atoms with Crippen molar-refractivity contribution < 1.29 is 13.9 Å². The van der Waals surface area contributed by atoms with Gasteiger partial charge in [0.05, 0.1) is 18.6 Å². The molecule has 1 atom stereocenters. The third-order valence-electron chi connectivity index (χ3n) is 6.00. The van der Waals surface area contributed by atoms with Gasteiger partial charge in [-0.3, -0.25) is 9.69 Å². The van der Waals surface area contributed by atoms with Crippen LogP contribution in [-0.2, 0) is 11.3 Å². The van der Waals surface area contributed by atoms with Gasteiger partial charge in [-0.25, -0.2) is 9.37 Å². The molecule has 1 amide bonds. The number of carbonyl (C=O) groups is 1. The standard InChI is InChI=1S/C22H29FN4O2/c23-20-6-2-1-4-18(20)14-26-9-7-17(8-10-26)13-27(15-19-5-3-11-29-19)22(28)21-12-24-16-25-21/h1-2,4,6,12,16-17,19H,3,5,7-11,13-15H2,(H,24,25)/t19-/m0/s1. The van der Waals surface area contributed by atoms with Crippen LogP contribution in [0.5, 0.6) is 0 Å². The van der Waals surface area contributed by atoms with Crippen LogP contribution in [0.4, 0.5) is 4.39 Å². The molecule has 156 valence electrons. The molecule has 1 aromatic carbocycles. The lowest BCUT2D eigenvalue weighted by atomic mass is 9.95. The van der Waals surface area contributed by atoms with Crippen LogP contribution in [0.2, 0.25) is 0 Å². The second-order valence-electron chi connectivity index (χ2n) is 8.12. The number of halogens is 1. The zero-order valence-electron chi connectivity index (χ0n) is 16.7. The first-order chi connectivity index (χ1) is 14.2. The molecule has 4 rings (SSSR count). The van der Waals surface area contributed by atoms with E-state index in [-0.39, 0.29) is 17.8 Å². The van der Waals surface area contributed by atoms with Crippen molar-refractivity contribution in [3.8, 4) is 0 Å². The highest BCUT2D eigenvalue weighted by molar-refractivity contribution is 5.92. The Morgan fingerprint density at radius 1 is 1.24 bits per heavy atom. The zero-order chi connectivity index (χ0) is 20.1. The minimum absolute atomic E-state index is 0.00761. The molecule has 2 aromatic rings. The molecular weight excluding hydrogens is 371 g/mol. The number of carbonyl (C=O) groups excluding carboxylic acids is 1. The maximum Gasteiger partial charge on any atom is 0.272 e. The van der Waals surface area contributed by atoms with Crippen LogP contribution < -0.4 is 0 Å². The second kappa shape index (κ2) is 9.50. The number of hydrogen-bond donors (Lipinski definition) is 1. The van der Waals surface area contributed by atoms with Crippen molar-refractivity contribution in [3.63, 3.8) is 0 Å². The van der Waals surface area contributed by atoms with Gasteiger partial charge in [0.1, 0.15) is 11.5 Å². The Labute approximate surface area is 171 Å². The quantitative estimate of drug-likeness (QED) is 0.776. The van der Waals surface area contributed by atoms with Gasteiger partial charge in [-0.2, -0.15) is 0 Å². The molecule has 29 heavy (non-hydrogen) atoms. The molecule has 0 aliphatic carbocycles. The molecule has 0 bridgehead atoms. The number of rotatable bonds is 7. The third-order valence-corrected chi connectivity index (χ3v) is 6.00. The number of aromatic amines is 1. The van der Waals surface area contributed by atoms with E-state index in [1.54, 1.807) is 18.6 Å². The monoisotopic (exact) mass is 400 g/mol. The molecule has 6 nitrogen and oxygen atoms in total. The van der Waals surface area contributed by atoms with E-state index in [0.29, 0.717) is 24.7 Å². The first-order valence-corrected chi connectivity index (χ1v) is 10.5. The Kier molecular flexibility index (Phi) is 6.56. The first kappa shape index (κ1) is 20.0. The Hall–Kier alpha value is -2.25. The van der Waals surface area contributed by atoms with Crippen molar-refractivity contribution in [1.29, 1.82) is 0 Å². The topological polar surface area (TPSA) is 61.5 Å². The zero-order valence-corrected chi connectivity index (χ0v) is 16.7. The summed E-state index contributed by atoms with van der Waals surface area (Å²) in [5, 5.41) is 0. The molecule has 0 saturated carbocycles. The molecule has 0 spiro atoms. The van der Waals surface area contributed by atoms with E-state index in [1.165, 1.54) is 6.07 Å². The minimum Gasteiger partial charge on any atom is -0.376 e. The van der Waals surface area contributed by atoms with Crippen molar-refractivity contribution in [1.82, 2.24) is 19.8 Å². The summed E-state index contributed by atoms with van der Waals surface area (Å²) in [6.45, 7) is 4.63. The molecule has 3 heterocycles. The van der Waals surface area contributed by atoms with Gasteiger partial charge in [-0.1, -0.05) is 18.2 Å². The number of imidazole rings is 1. The van der Waals surface area contributed by atoms with E-state index in [0.717, 1.165) is 57.5 Å². The van der Waals surface area contributed by atoms with Crippen LogP contribution in [0.15, 0.2) is 36.8 Å². The summed E-state index contributed by atoms with van der Waals surface area (Å²) in [6, 6.07) is 6.99. The number of nitrogens with zero attached hydrogens (tertiary/aromatic N) is 3. The molecular formula is C22H29FN4O2. The maximum atomic E-state index is 13.9. The normalized spacial score (nSPS) is 20.8. The Bertz CT molecular complexity index is 784. The van der Waals surface area contributed by atoms with Gasteiger partial charge in [0, 0.05) is 31.8 Å². The van der Waals surface area contributed by atoms with E-state index in [1.807, 2.05) is 17.0 Å². The number of nitrogens with one attached hydrogen (secondary N) is 1. The number of piperidine rings is 1. The summed E-state index contributed by atoms with van der Waals surface area (Å²) in [4.78, 5) is 24.1. The molecule has 7 heteroatoms. The molecule has 2 saturated heterocycles. The molecule has 2 aliphatic rings. The third kappa shape index (κ3) is 5.22. The first-order valence-electron chi connectivity index (χ1n) is 10.5. The second-order valence-corrected chi connectivity index (χ2v) is 8.12. The van der Waals surface area contributed by atoms with Gasteiger partial charge in [0.25, 0.3) is 5.91 Å². The summed E-state index contributed by atoms with van der Waals surface area (Å²) in [5.74, 6) is 0.300. The predicted octanol–water partition coefficient (Wildman–Crippen LogP) is 3.08. The number of aromatic nitrogens is 2. The van der Waals surface area contributed by atoms with Crippen LogP contribution in [0.25, 0.3) is 0 Å². The van der Waals surface area contributed by atoms with Crippen molar-refractivity contribution in [2.75, 3.05) is 32.8 Å². The summed E-state index contributed by atoms with van der Waals surface area (Å²) >= 11 is 0. The fourth-order valence-corrected chi connectivity index (χ4v) is 4.32. The van der Waals surface area contributed by atoms with Crippen LogP contribution in [0.1, 0.15) is 41.7 Å². The van der Waals surface area contributed by atoms with E-state index < -0.39 is 0 Å². The number of ether oxygens (including phenoxy) is 1. The van der Waals surface area contributed by atoms with Crippen molar-refractivity contribution in [2.45, 2.75) is 38.3 Å². The Balaban J connectivity index is 1.33. The van der Waals surface area contributed by atoms with Gasteiger partial charge >= 0.3 is 0 Å². The van der Waals surface area contributed by atoms with Gasteiger partial charge in [0.2, 0.25) is 0 Å². The minimum atomic E-state index is -0.137. The van der Waals surface area contributed by atoms with E-state index in [9.17, 15) is 9.18 Å². The smallest absolute Gasteiger partial charge is 0.272 e.